The number of ether oxygens (including phenoxy) is 4. The lowest BCUT2D eigenvalue weighted by atomic mass is 10.0. The van der Waals surface area contributed by atoms with E-state index in [4.69, 9.17) is 41.6 Å². The summed E-state index contributed by atoms with van der Waals surface area (Å²) < 4.78 is 77.8. The average Bonchev–Trinajstić information content (AvgIpc) is 3.85. The Bertz CT molecular complexity index is 1810. The van der Waals surface area contributed by atoms with Gasteiger partial charge in [0.1, 0.15) is 12.7 Å². The molecule has 0 saturated heterocycles. The van der Waals surface area contributed by atoms with Crippen LogP contribution in [0.25, 0.3) is 0 Å². The Morgan fingerprint density at radius 2 is 1.62 bits per heavy atom. The quantitative estimate of drug-likeness (QED) is 0.0923. The molecule has 47 heavy (non-hydrogen) atoms. The van der Waals surface area contributed by atoms with Crippen LogP contribution < -0.4 is 18.4 Å². The minimum absolute atomic E-state index is 0.0388. The van der Waals surface area contributed by atoms with Crippen LogP contribution in [0.3, 0.4) is 0 Å². The van der Waals surface area contributed by atoms with Gasteiger partial charge in [-0.2, -0.15) is 17.2 Å². The van der Waals surface area contributed by atoms with Crippen molar-refractivity contribution >= 4 is 39.3 Å². The molecule has 0 bridgehead atoms. The number of aromatic nitrogens is 2. The Morgan fingerprint density at radius 3 is 2.28 bits per heavy atom. The number of alkyl halides is 2. The number of benzene rings is 2. The van der Waals surface area contributed by atoms with Crippen molar-refractivity contribution in [3.05, 3.63) is 106 Å². The van der Waals surface area contributed by atoms with Crippen LogP contribution in [0.4, 0.5) is 8.78 Å². The molecule has 0 aliphatic heterocycles. The van der Waals surface area contributed by atoms with E-state index in [1.54, 1.807) is 24.5 Å². The molecule has 0 N–H and O–H groups in total. The highest BCUT2D eigenvalue weighted by molar-refractivity contribution is 7.86. The average molecular weight is 710 g/mol. The fourth-order valence-corrected chi connectivity index (χ4v) is 5.36. The molecule has 5 rings (SSSR count). The first-order valence-corrected chi connectivity index (χ1v) is 16.8. The Hall–Kier alpha value is -4.20. The number of esters is 1. The molecule has 0 amide bonds. The Balaban J connectivity index is 1.46. The molecule has 2 heterocycles. The van der Waals surface area contributed by atoms with Gasteiger partial charge >= 0.3 is 22.7 Å². The molecule has 4 aromatic rings. The molecule has 1 atom stereocenters. The lowest BCUT2D eigenvalue weighted by Crippen LogP contribution is -2.16. The molecule has 0 unspecified atom stereocenters. The molecule has 248 valence electrons. The summed E-state index contributed by atoms with van der Waals surface area (Å²) in [7, 11) is -4.02. The number of nitrogens with zero attached hydrogens (tertiary/aromatic N) is 2. The largest absolute Gasteiger partial charge is 0.489 e. The molecule has 0 radical (unpaired) electrons. The summed E-state index contributed by atoms with van der Waals surface area (Å²) in [6, 6.07) is 11.6. The zero-order valence-corrected chi connectivity index (χ0v) is 27.1. The van der Waals surface area contributed by atoms with Crippen LogP contribution in [-0.2, 0) is 27.9 Å². The van der Waals surface area contributed by atoms with Crippen LogP contribution in [0, 0.1) is 5.92 Å². The molecule has 10 nitrogen and oxygen atoms in total. The number of carbonyl (C=O) groups is 1. The number of carbonyl (C=O) groups excluding carboxylic acids is 1. The monoisotopic (exact) mass is 708 g/mol. The van der Waals surface area contributed by atoms with Crippen molar-refractivity contribution < 1.29 is 45.1 Å². The Labute approximate surface area is 279 Å². The summed E-state index contributed by atoms with van der Waals surface area (Å²) in [6.45, 7) is -2.72. The fraction of sp³-hybridized carbons (Fsp3) is 0.281. The molecular formula is C32H28Cl2F2N2O8S. The first kappa shape index (κ1) is 34.1. The van der Waals surface area contributed by atoms with Gasteiger partial charge in [-0.3, -0.25) is 9.97 Å². The van der Waals surface area contributed by atoms with Crippen LogP contribution in [0.5, 0.6) is 23.0 Å². The smallest absolute Gasteiger partial charge is 0.387 e. The van der Waals surface area contributed by atoms with Gasteiger partial charge < -0.3 is 23.1 Å². The minimum atomic E-state index is -4.02. The highest BCUT2D eigenvalue weighted by Gasteiger charge is 2.27. The molecule has 0 spiro atoms. The summed E-state index contributed by atoms with van der Waals surface area (Å²) in [5, 5.41) is 0.418. The van der Waals surface area contributed by atoms with E-state index in [1.165, 1.54) is 48.8 Å². The van der Waals surface area contributed by atoms with Crippen molar-refractivity contribution in [2.75, 3.05) is 12.9 Å². The van der Waals surface area contributed by atoms with E-state index >= 15 is 0 Å². The summed E-state index contributed by atoms with van der Waals surface area (Å²) in [5.41, 5.74) is 1.46. The molecule has 2 aromatic heterocycles. The van der Waals surface area contributed by atoms with Gasteiger partial charge in [0.05, 0.1) is 28.5 Å². The maximum absolute atomic E-state index is 13.6. The fourth-order valence-electron chi connectivity index (χ4n) is 4.39. The summed E-state index contributed by atoms with van der Waals surface area (Å²) >= 11 is 12.8. The molecule has 1 saturated carbocycles. The van der Waals surface area contributed by atoms with Gasteiger partial charge in [0, 0.05) is 37.3 Å². The highest BCUT2D eigenvalue weighted by Crippen LogP contribution is 2.38. The number of hydrogen-bond donors (Lipinski definition) is 0. The topological polar surface area (TPSA) is 123 Å². The van der Waals surface area contributed by atoms with E-state index in [0.29, 0.717) is 23.7 Å². The van der Waals surface area contributed by atoms with Crippen molar-refractivity contribution in [3.63, 3.8) is 0 Å². The first-order chi connectivity index (χ1) is 22.4. The number of pyridine rings is 2. The van der Waals surface area contributed by atoms with Gasteiger partial charge in [-0.25, -0.2) is 4.79 Å². The molecule has 15 heteroatoms. The van der Waals surface area contributed by atoms with Crippen molar-refractivity contribution in [2.24, 2.45) is 5.92 Å². The first-order valence-electron chi connectivity index (χ1n) is 14.2. The zero-order valence-electron chi connectivity index (χ0n) is 24.8. The van der Waals surface area contributed by atoms with Crippen molar-refractivity contribution in [2.45, 2.75) is 38.6 Å². The number of halogens is 4. The van der Waals surface area contributed by atoms with Crippen molar-refractivity contribution in [1.29, 1.82) is 0 Å². The van der Waals surface area contributed by atoms with E-state index < -0.39 is 28.8 Å². The minimum Gasteiger partial charge on any atom is -0.489 e. The zero-order chi connectivity index (χ0) is 33.6. The number of rotatable bonds is 15. The lowest BCUT2D eigenvalue weighted by Gasteiger charge is -2.22. The van der Waals surface area contributed by atoms with Gasteiger partial charge in [0.15, 0.2) is 23.0 Å². The number of hydrogen-bond acceptors (Lipinski definition) is 10. The standard InChI is InChI=1S/C32H28Cl2F2N2O8S/c1-47(40,41)46-30-13-22(5-6-26(30)42-18-20-8-10-37-11-9-20)31(39)44-28(14-23-24(33)15-38-16-25(23)34)21-4-7-27(45-32(35)36)29(12-21)43-17-19-2-3-19/h4-13,15-16,19,28,32H,2-3,14,17-18H2,1H3/t28-/m0/s1. The summed E-state index contributed by atoms with van der Waals surface area (Å²) in [4.78, 5) is 21.5. The lowest BCUT2D eigenvalue weighted by molar-refractivity contribution is -0.0515. The van der Waals surface area contributed by atoms with E-state index in [9.17, 15) is 22.0 Å². The van der Waals surface area contributed by atoms with Gasteiger partial charge in [-0.1, -0.05) is 29.3 Å². The Morgan fingerprint density at radius 1 is 0.915 bits per heavy atom. The van der Waals surface area contributed by atoms with Crippen molar-refractivity contribution in [1.82, 2.24) is 9.97 Å². The van der Waals surface area contributed by atoms with Crippen LogP contribution in [0.1, 0.15) is 46.0 Å². The van der Waals surface area contributed by atoms with Gasteiger partial charge in [0.25, 0.3) is 0 Å². The second kappa shape index (κ2) is 15.1. The van der Waals surface area contributed by atoms with Gasteiger partial charge in [0.2, 0.25) is 0 Å². The maximum atomic E-state index is 13.6. The van der Waals surface area contributed by atoms with Gasteiger partial charge in [-0.15, -0.1) is 0 Å². The maximum Gasteiger partial charge on any atom is 0.387 e. The molecule has 2 aromatic carbocycles. The van der Waals surface area contributed by atoms with Crippen molar-refractivity contribution in [3.8, 4) is 23.0 Å². The predicted molar refractivity (Wildman–Crippen MR) is 168 cm³/mol. The van der Waals surface area contributed by atoms with Crippen LogP contribution in [-0.4, -0.2) is 43.8 Å². The third kappa shape index (κ3) is 9.90. The third-order valence-corrected chi connectivity index (χ3v) is 8.02. The van der Waals surface area contributed by atoms with E-state index in [2.05, 4.69) is 14.7 Å². The summed E-state index contributed by atoms with van der Waals surface area (Å²) in [5.74, 6) is -0.883. The summed E-state index contributed by atoms with van der Waals surface area (Å²) in [6.07, 6.45) is 7.58. The second-order valence-electron chi connectivity index (χ2n) is 10.6. The van der Waals surface area contributed by atoms with Crippen LogP contribution in [0.15, 0.2) is 73.3 Å². The highest BCUT2D eigenvalue weighted by atomic mass is 35.5. The molecule has 1 aliphatic carbocycles. The van der Waals surface area contributed by atoms with E-state index in [-0.39, 0.29) is 51.6 Å². The molecule has 1 aliphatic rings. The molecular weight excluding hydrogens is 681 g/mol. The SMILES string of the molecule is CS(=O)(=O)Oc1cc(C(=O)O[C@@H](Cc2c(Cl)cncc2Cl)c2ccc(OC(F)F)c(OCC3CC3)c2)ccc1OCc1ccncc1. The van der Waals surface area contributed by atoms with Gasteiger partial charge in [-0.05, 0) is 71.8 Å². The molecule has 1 fully saturated rings. The normalized spacial score (nSPS) is 13.6. The van der Waals surface area contributed by atoms with E-state index in [1.807, 2.05) is 0 Å². The third-order valence-electron chi connectivity index (χ3n) is 6.88. The van der Waals surface area contributed by atoms with Crippen LogP contribution >= 0.6 is 23.2 Å². The van der Waals surface area contributed by atoms with Crippen LogP contribution in [0.2, 0.25) is 10.0 Å². The van der Waals surface area contributed by atoms with E-state index in [0.717, 1.165) is 24.7 Å². The second-order valence-corrected chi connectivity index (χ2v) is 13.0. The Kier molecular flexibility index (Phi) is 11.0. The predicted octanol–water partition coefficient (Wildman–Crippen LogP) is 7.23.